The summed E-state index contributed by atoms with van der Waals surface area (Å²) in [5.41, 5.74) is 18.5. The lowest BCUT2D eigenvalue weighted by atomic mass is 10.0. The first-order valence-electron chi connectivity index (χ1n) is 7.91. The van der Waals surface area contributed by atoms with Crippen LogP contribution in [-0.2, 0) is 6.42 Å². The van der Waals surface area contributed by atoms with Crippen molar-refractivity contribution in [2.24, 2.45) is 16.5 Å². The van der Waals surface area contributed by atoms with Crippen molar-refractivity contribution in [2.45, 2.75) is 27.2 Å². The number of rotatable bonds is 7. The topological polar surface area (TPSA) is 76.4 Å². The maximum atomic E-state index is 5.94. The van der Waals surface area contributed by atoms with E-state index in [9.17, 15) is 0 Å². The third-order valence-corrected chi connectivity index (χ3v) is 3.78. The molecular weight excluding hydrogens is 296 g/mol. The van der Waals surface area contributed by atoms with Gasteiger partial charge in [0.2, 0.25) is 0 Å². The van der Waals surface area contributed by atoms with Gasteiger partial charge in [0, 0.05) is 47.2 Å². The van der Waals surface area contributed by atoms with E-state index in [1.165, 1.54) is 5.56 Å². The number of nitrogens with zero attached hydrogens (tertiary/aromatic N) is 1. The van der Waals surface area contributed by atoms with Crippen LogP contribution in [-0.4, -0.2) is 13.3 Å². The average molecular weight is 324 g/mol. The van der Waals surface area contributed by atoms with Crippen LogP contribution in [0.1, 0.15) is 31.9 Å². The predicted molar refractivity (Wildman–Crippen MR) is 106 cm³/mol. The largest absolute Gasteiger partial charge is 0.402 e. The number of aliphatic imine (C=N–C) groups is 1. The number of nitrogens with two attached hydrogens (primary N) is 2. The van der Waals surface area contributed by atoms with E-state index in [0.29, 0.717) is 11.4 Å². The smallest absolute Gasteiger partial charge is 0.0476 e. The minimum atomic E-state index is 0.436. The fraction of sp³-hybridized carbons (Fsp3) is 0.250. The van der Waals surface area contributed by atoms with Crippen molar-refractivity contribution in [1.29, 1.82) is 0 Å². The summed E-state index contributed by atoms with van der Waals surface area (Å²) in [5, 5.41) is 3.34. The summed E-state index contributed by atoms with van der Waals surface area (Å²) in [4.78, 5) is 4.16. The van der Waals surface area contributed by atoms with Crippen LogP contribution in [0.4, 0.5) is 5.69 Å². The Bertz CT molecular complexity index is 717. The molecule has 5 N–H and O–H groups in total. The van der Waals surface area contributed by atoms with E-state index in [1.807, 2.05) is 38.3 Å². The summed E-state index contributed by atoms with van der Waals surface area (Å²) >= 11 is 0. The molecule has 0 aliphatic heterocycles. The zero-order valence-electron chi connectivity index (χ0n) is 15.1. The molecule has 0 heterocycles. The SMILES string of the molecule is C=C(N)/C(=C/C(C)=C(\C)N)C(=C)Nc1cccc(CC)c1C=NC. The summed E-state index contributed by atoms with van der Waals surface area (Å²) in [5.74, 6) is 0. The molecule has 0 unspecified atom stereocenters. The fourth-order valence-corrected chi connectivity index (χ4v) is 2.25. The van der Waals surface area contributed by atoms with Crippen LogP contribution < -0.4 is 16.8 Å². The number of hydrogen-bond donors (Lipinski definition) is 3. The summed E-state index contributed by atoms with van der Waals surface area (Å²) in [6.07, 6.45) is 4.67. The highest BCUT2D eigenvalue weighted by atomic mass is 14.9. The molecule has 1 aromatic carbocycles. The van der Waals surface area contributed by atoms with E-state index in [2.05, 4.69) is 36.5 Å². The number of benzene rings is 1. The van der Waals surface area contributed by atoms with Gasteiger partial charge >= 0.3 is 0 Å². The number of hydrogen-bond acceptors (Lipinski definition) is 4. The highest BCUT2D eigenvalue weighted by Gasteiger charge is 2.10. The highest BCUT2D eigenvalue weighted by molar-refractivity contribution is 5.90. The zero-order valence-corrected chi connectivity index (χ0v) is 15.1. The number of anilines is 1. The lowest BCUT2D eigenvalue weighted by Crippen LogP contribution is -2.10. The molecule has 0 atom stereocenters. The van der Waals surface area contributed by atoms with Gasteiger partial charge in [-0.3, -0.25) is 4.99 Å². The first-order chi connectivity index (χ1) is 11.3. The molecule has 0 amide bonds. The molecule has 0 aliphatic carbocycles. The first-order valence-corrected chi connectivity index (χ1v) is 7.91. The van der Waals surface area contributed by atoms with Crippen LogP contribution in [0.25, 0.3) is 0 Å². The average Bonchev–Trinajstić information content (AvgIpc) is 2.53. The molecule has 1 aromatic rings. The van der Waals surface area contributed by atoms with Crippen molar-refractivity contribution in [1.82, 2.24) is 0 Å². The molecule has 24 heavy (non-hydrogen) atoms. The van der Waals surface area contributed by atoms with Gasteiger partial charge in [0.15, 0.2) is 0 Å². The molecule has 4 nitrogen and oxygen atoms in total. The van der Waals surface area contributed by atoms with Gasteiger partial charge in [-0.2, -0.15) is 0 Å². The second-order valence-corrected chi connectivity index (χ2v) is 5.67. The van der Waals surface area contributed by atoms with Gasteiger partial charge in [-0.05, 0) is 43.5 Å². The molecule has 0 radical (unpaired) electrons. The summed E-state index contributed by atoms with van der Waals surface area (Å²) in [6.45, 7) is 13.8. The van der Waals surface area contributed by atoms with Crippen LogP contribution >= 0.6 is 0 Å². The molecule has 0 aliphatic rings. The minimum absolute atomic E-state index is 0.436. The van der Waals surface area contributed by atoms with Gasteiger partial charge in [-0.25, -0.2) is 0 Å². The molecular formula is C20H28N4. The van der Waals surface area contributed by atoms with E-state index < -0.39 is 0 Å². The zero-order chi connectivity index (χ0) is 18.3. The third-order valence-electron chi connectivity index (χ3n) is 3.78. The second-order valence-electron chi connectivity index (χ2n) is 5.67. The van der Waals surface area contributed by atoms with Crippen molar-refractivity contribution in [3.05, 3.63) is 76.8 Å². The standard InChI is InChI=1S/C20H28N4/c1-7-17-9-8-10-20(19(17)12-23-6)24-16(5)18(15(4)22)11-13(2)14(3)21/h8-12,24H,4-5,7,21-22H2,1-3,6H3/b14-13+,18-11-,23-12?. The van der Waals surface area contributed by atoms with Crippen molar-refractivity contribution in [3.8, 4) is 0 Å². The molecule has 1 rings (SSSR count). The summed E-state index contributed by atoms with van der Waals surface area (Å²) < 4.78 is 0. The maximum Gasteiger partial charge on any atom is 0.0476 e. The van der Waals surface area contributed by atoms with E-state index in [1.54, 1.807) is 7.05 Å². The van der Waals surface area contributed by atoms with Gasteiger partial charge in [0.05, 0.1) is 0 Å². The van der Waals surface area contributed by atoms with E-state index in [4.69, 9.17) is 11.5 Å². The maximum absolute atomic E-state index is 5.94. The Hall–Kier alpha value is -2.75. The van der Waals surface area contributed by atoms with Crippen LogP contribution in [0.2, 0.25) is 0 Å². The third kappa shape index (κ3) is 4.88. The lowest BCUT2D eigenvalue weighted by molar-refractivity contribution is 1.13. The molecule has 0 spiro atoms. The highest BCUT2D eigenvalue weighted by Crippen LogP contribution is 2.24. The Kier molecular flexibility index (Phi) is 7.05. The van der Waals surface area contributed by atoms with Gasteiger partial charge in [0.1, 0.15) is 0 Å². The van der Waals surface area contributed by atoms with Crippen LogP contribution in [0, 0.1) is 0 Å². The molecule has 0 aromatic heterocycles. The van der Waals surface area contributed by atoms with E-state index >= 15 is 0 Å². The fourth-order valence-electron chi connectivity index (χ4n) is 2.25. The number of aryl methyl sites for hydroxylation is 1. The first kappa shape index (κ1) is 19.3. The molecule has 4 heteroatoms. The number of allylic oxidation sites excluding steroid dienone is 3. The van der Waals surface area contributed by atoms with Gasteiger partial charge in [-0.1, -0.05) is 32.2 Å². The molecule has 0 fully saturated rings. The van der Waals surface area contributed by atoms with Crippen LogP contribution in [0.5, 0.6) is 0 Å². The Morgan fingerprint density at radius 2 is 1.92 bits per heavy atom. The van der Waals surface area contributed by atoms with Crippen molar-refractivity contribution in [3.63, 3.8) is 0 Å². The number of nitrogens with one attached hydrogen (secondary N) is 1. The van der Waals surface area contributed by atoms with Gasteiger partial charge in [0.25, 0.3) is 0 Å². The summed E-state index contributed by atoms with van der Waals surface area (Å²) in [7, 11) is 1.76. The van der Waals surface area contributed by atoms with Crippen molar-refractivity contribution >= 4 is 11.9 Å². The Morgan fingerprint density at radius 3 is 2.42 bits per heavy atom. The second kappa shape index (κ2) is 8.77. The molecule has 0 saturated carbocycles. The van der Waals surface area contributed by atoms with Crippen LogP contribution in [0.3, 0.4) is 0 Å². The van der Waals surface area contributed by atoms with E-state index in [-0.39, 0.29) is 0 Å². The monoisotopic (exact) mass is 324 g/mol. The molecule has 128 valence electrons. The van der Waals surface area contributed by atoms with Crippen molar-refractivity contribution in [2.75, 3.05) is 12.4 Å². The molecule has 0 bridgehead atoms. The lowest BCUT2D eigenvalue weighted by Gasteiger charge is -2.17. The molecule has 0 saturated heterocycles. The predicted octanol–water partition coefficient (Wildman–Crippen LogP) is 3.87. The van der Waals surface area contributed by atoms with Crippen LogP contribution in [0.15, 0.2) is 70.7 Å². The Balaban J connectivity index is 3.27. The Morgan fingerprint density at radius 1 is 1.25 bits per heavy atom. The quantitative estimate of drug-likeness (QED) is 0.526. The van der Waals surface area contributed by atoms with Gasteiger partial charge in [-0.15, -0.1) is 0 Å². The van der Waals surface area contributed by atoms with Crippen molar-refractivity contribution < 1.29 is 0 Å². The van der Waals surface area contributed by atoms with E-state index in [0.717, 1.165) is 34.5 Å². The normalized spacial score (nSPS) is 12.9. The van der Waals surface area contributed by atoms with Gasteiger partial charge < -0.3 is 16.8 Å². The minimum Gasteiger partial charge on any atom is -0.402 e. The summed E-state index contributed by atoms with van der Waals surface area (Å²) in [6, 6.07) is 6.10. The Labute approximate surface area is 145 Å².